The van der Waals surface area contributed by atoms with Crippen molar-refractivity contribution >= 4 is 11.6 Å². The lowest BCUT2D eigenvalue weighted by molar-refractivity contribution is 0.558. The number of nitrogens with two attached hydrogens (primary N) is 1. The first-order valence-electron chi connectivity index (χ1n) is 6.99. The molecule has 106 valence electrons. The van der Waals surface area contributed by atoms with Gasteiger partial charge in [0, 0.05) is 17.6 Å². The molecule has 2 aromatic rings. The highest BCUT2D eigenvalue weighted by Crippen LogP contribution is 2.14. The van der Waals surface area contributed by atoms with Crippen molar-refractivity contribution in [2.45, 2.75) is 25.4 Å². The van der Waals surface area contributed by atoms with Gasteiger partial charge in [-0.3, -0.25) is 0 Å². The number of rotatable bonds is 7. The van der Waals surface area contributed by atoms with Gasteiger partial charge in [0.1, 0.15) is 0 Å². The first-order valence-corrected chi connectivity index (χ1v) is 7.37. The normalized spacial score (nSPS) is 12.3. The summed E-state index contributed by atoms with van der Waals surface area (Å²) in [5, 5.41) is 4.21. The molecule has 0 heterocycles. The summed E-state index contributed by atoms with van der Waals surface area (Å²) in [6.07, 6.45) is 1.88. The number of nitrogens with one attached hydrogen (secondary N) is 1. The predicted molar refractivity (Wildman–Crippen MR) is 85.9 cm³/mol. The van der Waals surface area contributed by atoms with Crippen LogP contribution in [0.25, 0.3) is 0 Å². The molecule has 0 saturated carbocycles. The molecule has 0 spiro atoms. The van der Waals surface area contributed by atoms with E-state index >= 15 is 0 Å². The minimum atomic E-state index is 0.191. The van der Waals surface area contributed by atoms with Crippen molar-refractivity contribution in [1.29, 1.82) is 0 Å². The third-order valence-corrected chi connectivity index (χ3v) is 3.67. The molecule has 0 aromatic heterocycles. The second-order valence-electron chi connectivity index (χ2n) is 5.01. The van der Waals surface area contributed by atoms with Gasteiger partial charge in [0.05, 0.1) is 0 Å². The van der Waals surface area contributed by atoms with E-state index in [9.17, 15) is 0 Å². The highest BCUT2D eigenvalue weighted by Gasteiger charge is 2.04. The fourth-order valence-corrected chi connectivity index (χ4v) is 2.37. The van der Waals surface area contributed by atoms with Crippen molar-refractivity contribution in [2.24, 2.45) is 5.73 Å². The quantitative estimate of drug-likeness (QED) is 0.767. The SMILES string of the molecule is NC(CCNCc1ccccc1Cl)Cc1ccccc1. The summed E-state index contributed by atoms with van der Waals surface area (Å²) in [6.45, 7) is 1.69. The van der Waals surface area contributed by atoms with E-state index in [1.807, 2.05) is 30.3 Å². The van der Waals surface area contributed by atoms with Gasteiger partial charge < -0.3 is 11.1 Å². The van der Waals surface area contributed by atoms with Crippen LogP contribution in [0.5, 0.6) is 0 Å². The molecule has 0 fully saturated rings. The summed E-state index contributed by atoms with van der Waals surface area (Å²) in [5.74, 6) is 0. The predicted octanol–water partition coefficient (Wildman–Crippen LogP) is 3.39. The van der Waals surface area contributed by atoms with Gasteiger partial charge in [-0.1, -0.05) is 60.1 Å². The van der Waals surface area contributed by atoms with Crippen LogP contribution in [-0.4, -0.2) is 12.6 Å². The molecule has 1 atom stereocenters. The first-order chi connectivity index (χ1) is 9.75. The maximum atomic E-state index is 6.15. The molecule has 0 radical (unpaired) electrons. The highest BCUT2D eigenvalue weighted by molar-refractivity contribution is 6.31. The fraction of sp³-hybridized carbons (Fsp3) is 0.294. The third kappa shape index (κ3) is 4.97. The lowest BCUT2D eigenvalue weighted by atomic mass is 10.0. The van der Waals surface area contributed by atoms with Crippen molar-refractivity contribution in [3.8, 4) is 0 Å². The Hall–Kier alpha value is -1.35. The number of hydrogen-bond donors (Lipinski definition) is 2. The maximum Gasteiger partial charge on any atom is 0.0450 e. The summed E-state index contributed by atoms with van der Waals surface area (Å²) in [7, 11) is 0. The summed E-state index contributed by atoms with van der Waals surface area (Å²) in [5.41, 5.74) is 8.58. The second kappa shape index (κ2) is 8.05. The summed E-state index contributed by atoms with van der Waals surface area (Å²) in [4.78, 5) is 0. The van der Waals surface area contributed by atoms with Crippen LogP contribution in [0.2, 0.25) is 5.02 Å². The fourth-order valence-electron chi connectivity index (χ4n) is 2.17. The van der Waals surface area contributed by atoms with E-state index in [0.29, 0.717) is 0 Å². The summed E-state index contributed by atoms with van der Waals surface area (Å²) >= 11 is 6.11. The number of benzene rings is 2. The van der Waals surface area contributed by atoms with Gasteiger partial charge in [0.2, 0.25) is 0 Å². The minimum Gasteiger partial charge on any atom is -0.327 e. The Balaban J connectivity index is 1.67. The zero-order valence-corrected chi connectivity index (χ0v) is 12.3. The molecule has 3 N–H and O–H groups in total. The molecule has 2 rings (SSSR count). The molecule has 0 amide bonds. The smallest absolute Gasteiger partial charge is 0.0450 e. The molecular formula is C17H21ClN2. The van der Waals surface area contributed by atoms with Crippen LogP contribution in [0.3, 0.4) is 0 Å². The van der Waals surface area contributed by atoms with E-state index in [4.69, 9.17) is 17.3 Å². The van der Waals surface area contributed by atoms with Crippen LogP contribution in [0, 0.1) is 0 Å². The average molecular weight is 289 g/mol. The molecule has 0 saturated heterocycles. The van der Waals surface area contributed by atoms with Crippen LogP contribution in [0.4, 0.5) is 0 Å². The van der Waals surface area contributed by atoms with E-state index < -0.39 is 0 Å². The Morgan fingerprint density at radius 1 is 1.00 bits per heavy atom. The Morgan fingerprint density at radius 3 is 2.45 bits per heavy atom. The third-order valence-electron chi connectivity index (χ3n) is 3.31. The zero-order valence-electron chi connectivity index (χ0n) is 11.6. The monoisotopic (exact) mass is 288 g/mol. The van der Waals surface area contributed by atoms with E-state index in [2.05, 4.69) is 29.6 Å². The van der Waals surface area contributed by atoms with Crippen LogP contribution in [0.1, 0.15) is 17.5 Å². The van der Waals surface area contributed by atoms with E-state index in [1.165, 1.54) is 5.56 Å². The first kappa shape index (κ1) is 15.0. The van der Waals surface area contributed by atoms with E-state index in [1.54, 1.807) is 0 Å². The second-order valence-corrected chi connectivity index (χ2v) is 5.41. The topological polar surface area (TPSA) is 38.0 Å². The Bertz CT molecular complexity index is 513. The number of halogens is 1. The van der Waals surface area contributed by atoms with E-state index in [0.717, 1.165) is 36.5 Å². The Morgan fingerprint density at radius 2 is 1.70 bits per heavy atom. The van der Waals surface area contributed by atoms with Gasteiger partial charge in [-0.15, -0.1) is 0 Å². The molecule has 1 unspecified atom stereocenters. The van der Waals surface area contributed by atoms with Crippen LogP contribution in [-0.2, 0) is 13.0 Å². The molecule has 3 heteroatoms. The van der Waals surface area contributed by atoms with Crippen LogP contribution in [0.15, 0.2) is 54.6 Å². The van der Waals surface area contributed by atoms with Gasteiger partial charge in [0.15, 0.2) is 0 Å². The van der Waals surface area contributed by atoms with Crippen molar-refractivity contribution in [1.82, 2.24) is 5.32 Å². The molecule has 0 aliphatic carbocycles. The van der Waals surface area contributed by atoms with Gasteiger partial charge in [0.25, 0.3) is 0 Å². The standard InChI is InChI=1S/C17H21ClN2/c18-17-9-5-4-8-15(17)13-20-11-10-16(19)12-14-6-2-1-3-7-14/h1-9,16,20H,10-13,19H2. The maximum absolute atomic E-state index is 6.15. The summed E-state index contributed by atoms with van der Waals surface area (Å²) < 4.78 is 0. The minimum absolute atomic E-state index is 0.191. The zero-order chi connectivity index (χ0) is 14.2. The molecule has 2 nitrogen and oxygen atoms in total. The molecular weight excluding hydrogens is 268 g/mol. The molecule has 0 aliphatic heterocycles. The van der Waals surface area contributed by atoms with Crippen molar-refractivity contribution in [3.63, 3.8) is 0 Å². The van der Waals surface area contributed by atoms with Gasteiger partial charge in [-0.05, 0) is 36.6 Å². The summed E-state index contributed by atoms with van der Waals surface area (Å²) in [6, 6.07) is 18.5. The Kier molecular flexibility index (Phi) is 6.06. The Labute approximate surface area is 126 Å². The number of hydrogen-bond acceptors (Lipinski definition) is 2. The highest BCUT2D eigenvalue weighted by atomic mass is 35.5. The molecule has 0 aliphatic rings. The van der Waals surface area contributed by atoms with Crippen molar-refractivity contribution in [2.75, 3.05) is 6.54 Å². The van der Waals surface area contributed by atoms with Gasteiger partial charge in [-0.2, -0.15) is 0 Å². The molecule has 0 bridgehead atoms. The van der Waals surface area contributed by atoms with Crippen molar-refractivity contribution in [3.05, 3.63) is 70.7 Å². The van der Waals surface area contributed by atoms with Gasteiger partial charge >= 0.3 is 0 Å². The van der Waals surface area contributed by atoms with E-state index in [-0.39, 0.29) is 6.04 Å². The van der Waals surface area contributed by atoms with Crippen LogP contribution < -0.4 is 11.1 Å². The molecule has 20 heavy (non-hydrogen) atoms. The lowest BCUT2D eigenvalue weighted by Crippen LogP contribution is -2.28. The van der Waals surface area contributed by atoms with Crippen molar-refractivity contribution < 1.29 is 0 Å². The molecule has 2 aromatic carbocycles. The van der Waals surface area contributed by atoms with Gasteiger partial charge in [-0.25, -0.2) is 0 Å². The largest absolute Gasteiger partial charge is 0.327 e. The van der Waals surface area contributed by atoms with Crippen LogP contribution >= 0.6 is 11.6 Å². The lowest BCUT2D eigenvalue weighted by Gasteiger charge is -2.12. The average Bonchev–Trinajstić information content (AvgIpc) is 2.46.